The zero-order chi connectivity index (χ0) is 22.2. The highest BCUT2D eigenvalue weighted by Crippen LogP contribution is 2.27. The summed E-state index contributed by atoms with van der Waals surface area (Å²) in [4.78, 5) is 24.7. The average Bonchev–Trinajstić information content (AvgIpc) is 3.08. The van der Waals surface area contributed by atoms with Crippen molar-refractivity contribution >= 4 is 32.5 Å². The molecule has 1 amide bonds. The molecule has 1 aliphatic rings. The van der Waals surface area contributed by atoms with E-state index in [4.69, 9.17) is 0 Å². The molecule has 0 radical (unpaired) electrons. The van der Waals surface area contributed by atoms with Crippen molar-refractivity contribution in [2.75, 3.05) is 26.2 Å². The number of nitro groups is 1. The fourth-order valence-corrected chi connectivity index (χ4v) is 5.52. The molecule has 0 aliphatic carbocycles. The van der Waals surface area contributed by atoms with Gasteiger partial charge in [0.15, 0.2) is 4.90 Å². The van der Waals surface area contributed by atoms with Gasteiger partial charge in [-0.1, -0.05) is 30.3 Å². The molecule has 31 heavy (non-hydrogen) atoms. The second-order valence-corrected chi connectivity index (χ2v) is 9.35. The Hall–Kier alpha value is -3.24. The number of aryl methyl sites for hydroxylation is 1. The van der Waals surface area contributed by atoms with Crippen molar-refractivity contribution in [1.82, 2.24) is 13.8 Å². The number of benzene rings is 2. The van der Waals surface area contributed by atoms with Gasteiger partial charge in [-0.15, -0.1) is 0 Å². The van der Waals surface area contributed by atoms with Crippen molar-refractivity contribution in [1.29, 1.82) is 0 Å². The first kappa shape index (κ1) is 21.0. The van der Waals surface area contributed by atoms with Crippen molar-refractivity contribution in [2.45, 2.75) is 18.4 Å². The summed E-state index contributed by atoms with van der Waals surface area (Å²) < 4.78 is 29.1. The van der Waals surface area contributed by atoms with Crippen molar-refractivity contribution in [2.24, 2.45) is 0 Å². The molecule has 1 aliphatic heterocycles. The molecule has 1 aromatic heterocycles. The Morgan fingerprint density at radius 2 is 1.68 bits per heavy atom. The van der Waals surface area contributed by atoms with Crippen LogP contribution < -0.4 is 0 Å². The van der Waals surface area contributed by atoms with E-state index in [1.165, 1.54) is 28.6 Å². The molecule has 0 N–H and O–H groups in total. The van der Waals surface area contributed by atoms with E-state index in [0.717, 1.165) is 16.6 Å². The monoisotopic (exact) mass is 442 g/mol. The number of nitrogens with zero attached hydrogens (tertiary/aromatic N) is 4. The summed E-state index contributed by atoms with van der Waals surface area (Å²) in [6, 6.07) is 15.2. The van der Waals surface area contributed by atoms with E-state index in [-0.39, 0.29) is 43.5 Å². The van der Waals surface area contributed by atoms with Crippen LogP contribution in [0, 0.1) is 17.0 Å². The second-order valence-electron chi connectivity index (χ2n) is 7.44. The van der Waals surface area contributed by atoms with E-state index in [9.17, 15) is 23.3 Å². The maximum absolute atomic E-state index is 13.0. The molecule has 0 atom stereocenters. The SMILES string of the molecule is Cc1cc2ccccc2n1CC(=O)N1CCN(S(=O)(=O)c2ccccc2[N+](=O)[O-])CC1. The molecule has 1 saturated heterocycles. The normalized spacial score (nSPS) is 15.3. The Morgan fingerprint density at radius 3 is 2.39 bits per heavy atom. The number of fused-ring (bicyclic) bond motifs is 1. The molecule has 10 heteroatoms. The van der Waals surface area contributed by atoms with E-state index in [2.05, 4.69) is 0 Å². The fourth-order valence-electron chi connectivity index (χ4n) is 3.94. The predicted molar refractivity (Wildman–Crippen MR) is 115 cm³/mol. The van der Waals surface area contributed by atoms with Crippen molar-refractivity contribution < 1.29 is 18.1 Å². The lowest BCUT2D eigenvalue weighted by Gasteiger charge is -2.34. The van der Waals surface area contributed by atoms with Crippen LogP contribution in [-0.2, 0) is 21.4 Å². The number of nitro benzene ring substituents is 1. The molecule has 2 aromatic carbocycles. The first-order chi connectivity index (χ1) is 14.8. The zero-order valence-corrected chi connectivity index (χ0v) is 17.8. The Balaban J connectivity index is 1.47. The second kappa shape index (κ2) is 8.12. The van der Waals surface area contributed by atoms with Gasteiger partial charge in [0.25, 0.3) is 5.69 Å². The average molecular weight is 442 g/mol. The Kier molecular flexibility index (Phi) is 5.50. The van der Waals surface area contributed by atoms with Crippen LogP contribution in [0.1, 0.15) is 5.69 Å². The lowest BCUT2D eigenvalue weighted by molar-refractivity contribution is -0.387. The third-order valence-corrected chi connectivity index (χ3v) is 7.53. The van der Waals surface area contributed by atoms with E-state index in [1.807, 2.05) is 41.8 Å². The van der Waals surface area contributed by atoms with Crippen LogP contribution in [0.5, 0.6) is 0 Å². The highest BCUT2D eigenvalue weighted by molar-refractivity contribution is 7.89. The molecular weight excluding hydrogens is 420 g/mol. The van der Waals surface area contributed by atoms with E-state index >= 15 is 0 Å². The highest BCUT2D eigenvalue weighted by Gasteiger charge is 2.34. The number of carbonyl (C=O) groups excluding carboxylic acids is 1. The summed E-state index contributed by atoms with van der Waals surface area (Å²) in [5.74, 6) is -0.0906. The quantitative estimate of drug-likeness (QED) is 0.446. The van der Waals surface area contributed by atoms with Crippen molar-refractivity contribution in [3.63, 3.8) is 0 Å². The summed E-state index contributed by atoms with van der Waals surface area (Å²) in [7, 11) is -4.02. The number of sulfonamides is 1. The van der Waals surface area contributed by atoms with E-state index in [0.29, 0.717) is 0 Å². The molecular formula is C21H22N4O5S. The van der Waals surface area contributed by atoms with Gasteiger partial charge in [0.2, 0.25) is 15.9 Å². The van der Waals surface area contributed by atoms with E-state index in [1.54, 1.807) is 4.90 Å². The molecule has 162 valence electrons. The van der Waals surface area contributed by atoms with Gasteiger partial charge < -0.3 is 9.47 Å². The fraction of sp³-hybridized carbons (Fsp3) is 0.286. The van der Waals surface area contributed by atoms with Gasteiger partial charge in [-0.3, -0.25) is 14.9 Å². The van der Waals surface area contributed by atoms with Crippen LogP contribution in [-0.4, -0.2) is 59.2 Å². The molecule has 1 fully saturated rings. The Labute approximate surface area is 179 Å². The summed E-state index contributed by atoms with van der Waals surface area (Å²) in [6.07, 6.45) is 0. The summed E-state index contributed by atoms with van der Waals surface area (Å²) in [5, 5.41) is 12.3. The number of amides is 1. The van der Waals surface area contributed by atoms with Gasteiger partial charge in [0.05, 0.1) is 4.92 Å². The van der Waals surface area contributed by atoms with Crippen LogP contribution in [0.25, 0.3) is 10.9 Å². The summed E-state index contributed by atoms with van der Waals surface area (Å²) in [6.45, 7) is 2.77. The molecule has 3 aromatic rings. The van der Waals surface area contributed by atoms with Gasteiger partial charge in [-0.05, 0) is 30.5 Å². The number of hydrogen-bond donors (Lipinski definition) is 0. The van der Waals surface area contributed by atoms with Gasteiger partial charge in [0, 0.05) is 43.5 Å². The van der Waals surface area contributed by atoms with Crippen LogP contribution in [0.15, 0.2) is 59.5 Å². The number of piperazine rings is 1. The molecule has 2 heterocycles. The Bertz CT molecular complexity index is 1260. The van der Waals surface area contributed by atoms with Crippen LogP contribution in [0.4, 0.5) is 5.69 Å². The Morgan fingerprint density at radius 1 is 1.03 bits per heavy atom. The molecule has 0 saturated carbocycles. The first-order valence-electron chi connectivity index (χ1n) is 9.85. The number of hydrogen-bond acceptors (Lipinski definition) is 5. The lowest BCUT2D eigenvalue weighted by atomic mass is 10.2. The summed E-state index contributed by atoms with van der Waals surface area (Å²) >= 11 is 0. The molecule has 4 rings (SSSR count). The topological polar surface area (TPSA) is 106 Å². The molecule has 0 unspecified atom stereocenters. The first-order valence-corrected chi connectivity index (χ1v) is 11.3. The molecule has 0 spiro atoms. The molecule has 9 nitrogen and oxygen atoms in total. The van der Waals surface area contributed by atoms with Crippen LogP contribution in [0.3, 0.4) is 0 Å². The minimum Gasteiger partial charge on any atom is -0.339 e. The van der Waals surface area contributed by atoms with Crippen LogP contribution >= 0.6 is 0 Å². The van der Waals surface area contributed by atoms with Crippen LogP contribution in [0.2, 0.25) is 0 Å². The zero-order valence-electron chi connectivity index (χ0n) is 17.0. The maximum Gasteiger partial charge on any atom is 0.289 e. The number of rotatable bonds is 5. The smallest absolute Gasteiger partial charge is 0.289 e. The third-order valence-electron chi connectivity index (χ3n) is 5.58. The molecule has 0 bridgehead atoms. The van der Waals surface area contributed by atoms with Crippen molar-refractivity contribution in [3.8, 4) is 0 Å². The lowest BCUT2D eigenvalue weighted by Crippen LogP contribution is -2.51. The van der Waals surface area contributed by atoms with Crippen molar-refractivity contribution in [3.05, 3.63) is 70.4 Å². The van der Waals surface area contributed by atoms with Gasteiger partial charge in [-0.25, -0.2) is 8.42 Å². The van der Waals surface area contributed by atoms with E-state index < -0.39 is 20.6 Å². The minimum absolute atomic E-state index is 0.0888. The largest absolute Gasteiger partial charge is 0.339 e. The van der Waals surface area contributed by atoms with Gasteiger partial charge >= 0.3 is 0 Å². The predicted octanol–water partition coefficient (Wildman–Crippen LogP) is 2.39. The third kappa shape index (κ3) is 3.91. The number of para-hydroxylation sites is 2. The van der Waals surface area contributed by atoms with Gasteiger partial charge in [-0.2, -0.15) is 4.31 Å². The standard InChI is InChI=1S/C21H22N4O5S/c1-16-14-17-6-2-3-7-18(17)24(16)15-21(26)22-10-12-23(13-11-22)31(29,30)20-9-5-4-8-19(20)25(27)28/h2-9,14H,10-13,15H2,1H3. The number of carbonyl (C=O) groups is 1. The van der Waals surface area contributed by atoms with Gasteiger partial charge in [0.1, 0.15) is 6.54 Å². The number of aromatic nitrogens is 1. The summed E-state index contributed by atoms with van der Waals surface area (Å²) in [5.41, 5.74) is 1.51. The highest BCUT2D eigenvalue weighted by atomic mass is 32.2. The minimum atomic E-state index is -4.02. The maximum atomic E-state index is 13.0.